The van der Waals surface area contributed by atoms with Crippen LogP contribution >= 0.6 is 0 Å². The van der Waals surface area contributed by atoms with Gasteiger partial charge >= 0.3 is 11.9 Å². The van der Waals surface area contributed by atoms with Gasteiger partial charge in [-0.1, -0.05) is 0 Å². The van der Waals surface area contributed by atoms with Gasteiger partial charge in [0.2, 0.25) is 0 Å². The molecule has 0 aliphatic rings. The monoisotopic (exact) mass is 278 g/mol. The van der Waals surface area contributed by atoms with Crippen LogP contribution in [0.25, 0.3) is 0 Å². The van der Waals surface area contributed by atoms with E-state index in [2.05, 4.69) is 5.32 Å². The van der Waals surface area contributed by atoms with Crippen molar-refractivity contribution < 1.29 is 22.8 Å². The average molecular weight is 278 g/mol. The molecule has 5 nitrogen and oxygen atoms in total. The number of likely N-dealkylation sites (N-methyl/N-ethyl adjacent to an activating group) is 1. The fourth-order valence-electron chi connectivity index (χ4n) is 1.48. The van der Waals surface area contributed by atoms with Gasteiger partial charge in [0, 0.05) is 12.6 Å². The molecule has 106 valence electrons. The summed E-state index contributed by atoms with van der Waals surface area (Å²) < 4.78 is 42.7. The maximum absolute atomic E-state index is 12.5. The molecule has 19 heavy (non-hydrogen) atoms. The van der Waals surface area contributed by atoms with Gasteiger partial charge in [0.05, 0.1) is 10.5 Å². The van der Waals surface area contributed by atoms with E-state index in [0.717, 1.165) is 12.1 Å². The highest BCUT2D eigenvalue weighted by molar-refractivity contribution is 5.49. The summed E-state index contributed by atoms with van der Waals surface area (Å²) in [5, 5.41) is 13.6. The van der Waals surface area contributed by atoms with Crippen molar-refractivity contribution in [2.75, 3.05) is 13.6 Å². The van der Waals surface area contributed by atoms with Crippen LogP contribution in [0.15, 0.2) is 18.2 Å². The molecule has 0 radical (unpaired) electrons. The number of nitro benzene ring substituents is 1. The average Bonchev–Trinajstić information content (AvgIpc) is 2.27. The van der Waals surface area contributed by atoms with Gasteiger partial charge in [0.25, 0.3) is 0 Å². The van der Waals surface area contributed by atoms with Crippen LogP contribution in [0.4, 0.5) is 18.9 Å². The van der Waals surface area contributed by atoms with Gasteiger partial charge in [-0.05, 0) is 26.1 Å². The Morgan fingerprint density at radius 3 is 2.58 bits per heavy atom. The minimum atomic E-state index is -4.63. The summed E-state index contributed by atoms with van der Waals surface area (Å²) in [5.41, 5.74) is -1.77. The second-order valence-electron chi connectivity index (χ2n) is 3.92. The van der Waals surface area contributed by atoms with Crippen LogP contribution in [0, 0.1) is 10.1 Å². The molecule has 0 aromatic heterocycles. The Kier molecular flexibility index (Phi) is 4.71. The van der Waals surface area contributed by atoms with Gasteiger partial charge in [0.1, 0.15) is 6.10 Å². The normalized spacial score (nSPS) is 13.1. The molecule has 1 unspecified atom stereocenters. The van der Waals surface area contributed by atoms with Crippen LogP contribution in [0.1, 0.15) is 12.5 Å². The van der Waals surface area contributed by atoms with E-state index in [1.807, 2.05) is 0 Å². The van der Waals surface area contributed by atoms with E-state index < -0.39 is 28.5 Å². The van der Waals surface area contributed by atoms with Gasteiger partial charge in [-0.15, -0.1) is 0 Å². The van der Waals surface area contributed by atoms with E-state index in [0.29, 0.717) is 12.6 Å². The third kappa shape index (κ3) is 4.09. The molecule has 1 atom stereocenters. The van der Waals surface area contributed by atoms with Crippen molar-refractivity contribution in [2.24, 2.45) is 0 Å². The van der Waals surface area contributed by atoms with Crippen molar-refractivity contribution in [1.29, 1.82) is 0 Å². The maximum atomic E-state index is 12.5. The summed E-state index contributed by atoms with van der Waals surface area (Å²) in [6.45, 7) is 2.07. The second-order valence-corrected chi connectivity index (χ2v) is 3.92. The number of ether oxygens (including phenoxy) is 1. The van der Waals surface area contributed by atoms with Crippen molar-refractivity contribution in [1.82, 2.24) is 5.32 Å². The highest BCUT2D eigenvalue weighted by Gasteiger charge is 2.33. The lowest BCUT2D eigenvalue weighted by Gasteiger charge is -2.15. The molecule has 0 saturated heterocycles. The standard InChI is InChI=1S/C11H13F3N2O3/c1-7(6-15-2)19-10-4-3-8(11(12,13)14)5-9(10)16(17)18/h3-5,7,15H,6H2,1-2H3. The Morgan fingerprint density at radius 1 is 1.47 bits per heavy atom. The minimum absolute atomic E-state index is 0.180. The van der Waals surface area contributed by atoms with E-state index >= 15 is 0 Å². The third-order valence-electron chi connectivity index (χ3n) is 2.30. The molecule has 1 aromatic rings. The van der Waals surface area contributed by atoms with E-state index in [1.54, 1.807) is 14.0 Å². The van der Waals surface area contributed by atoms with E-state index in [-0.39, 0.29) is 5.75 Å². The number of nitrogens with zero attached hydrogens (tertiary/aromatic N) is 1. The van der Waals surface area contributed by atoms with Gasteiger partial charge < -0.3 is 10.1 Å². The lowest BCUT2D eigenvalue weighted by molar-refractivity contribution is -0.386. The summed E-state index contributed by atoms with van der Waals surface area (Å²) in [7, 11) is 1.67. The SMILES string of the molecule is CNCC(C)Oc1ccc(C(F)(F)F)cc1[N+](=O)[O-]. The Balaban J connectivity index is 3.09. The number of hydrogen-bond acceptors (Lipinski definition) is 4. The minimum Gasteiger partial charge on any atom is -0.482 e. The first-order chi connectivity index (χ1) is 8.75. The second kappa shape index (κ2) is 5.87. The Labute approximate surface area is 107 Å². The summed E-state index contributed by atoms with van der Waals surface area (Å²) in [5.74, 6) is -0.180. The first-order valence-electron chi connectivity index (χ1n) is 5.42. The first kappa shape index (κ1) is 15.2. The van der Waals surface area contributed by atoms with E-state index in [1.165, 1.54) is 0 Å². The predicted molar refractivity (Wildman–Crippen MR) is 62.1 cm³/mol. The van der Waals surface area contributed by atoms with E-state index in [4.69, 9.17) is 4.74 Å². The van der Waals surface area contributed by atoms with Crippen LogP contribution in [-0.2, 0) is 6.18 Å². The zero-order valence-electron chi connectivity index (χ0n) is 10.3. The van der Waals surface area contributed by atoms with Crippen LogP contribution in [0.2, 0.25) is 0 Å². The first-order valence-corrected chi connectivity index (χ1v) is 5.42. The molecule has 0 spiro atoms. The molecule has 1 aromatic carbocycles. The highest BCUT2D eigenvalue weighted by Crippen LogP contribution is 2.36. The maximum Gasteiger partial charge on any atom is 0.416 e. The van der Waals surface area contributed by atoms with E-state index in [9.17, 15) is 23.3 Å². The van der Waals surface area contributed by atoms with Gasteiger partial charge in [-0.3, -0.25) is 10.1 Å². The zero-order valence-corrected chi connectivity index (χ0v) is 10.3. The lowest BCUT2D eigenvalue weighted by atomic mass is 10.2. The van der Waals surface area contributed by atoms with Crippen molar-refractivity contribution in [3.05, 3.63) is 33.9 Å². The zero-order chi connectivity index (χ0) is 14.6. The molecule has 0 heterocycles. The molecule has 0 fully saturated rings. The number of halogens is 3. The number of hydrogen-bond donors (Lipinski definition) is 1. The third-order valence-corrected chi connectivity index (χ3v) is 2.30. The summed E-state index contributed by atoms with van der Waals surface area (Å²) in [6, 6.07) is 2.20. The number of benzene rings is 1. The molecule has 1 rings (SSSR count). The van der Waals surface area contributed by atoms with Crippen LogP contribution in [0.3, 0.4) is 0 Å². The molecule has 0 aliphatic carbocycles. The summed E-state index contributed by atoms with van der Waals surface area (Å²) >= 11 is 0. The van der Waals surface area contributed by atoms with Crippen LogP contribution < -0.4 is 10.1 Å². The number of alkyl halides is 3. The molecular weight excluding hydrogens is 265 g/mol. The van der Waals surface area contributed by atoms with Gasteiger partial charge in [-0.2, -0.15) is 13.2 Å². The highest BCUT2D eigenvalue weighted by atomic mass is 19.4. The molecular formula is C11H13F3N2O3. The lowest BCUT2D eigenvalue weighted by Crippen LogP contribution is -2.26. The van der Waals surface area contributed by atoms with Crippen molar-refractivity contribution >= 4 is 5.69 Å². The number of nitrogens with one attached hydrogen (secondary N) is 1. The molecule has 0 saturated carbocycles. The predicted octanol–water partition coefficient (Wildman–Crippen LogP) is 2.60. The smallest absolute Gasteiger partial charge is 0.416 e. The largest absolute Gasteiger partial charge is 0.482 e. The fraction of sp³-hybridized carbons (Fsp3) is 0.455. The summed E-state index contributed by atoms with van der Waals surface area (Å²) in [4.78, 5) is 9.89. The molecule has 0 aliphatic heterocycles. The molecule has 8 heteroatoms. The Bertz CT molecular complexity index is 463. The topological polar surface area (TPSA) is 64.4 Å². The van der Waals surface area contributed by atoms with Gasteiger partial charge in [0.15, 0.2) is 5.75 Å². The van der Waals surface area contributed by atoms with Crippen molar-refractivity contribution in [2.45, 2.75) is 19.2 Å². The number of rotatable bonds is 5. The molecule has 0 amide bonds. The number of nitro groups is 1. The molecule has 1 N–H and O–H groups in total. The van der Waals surface area contributed by atoms with Crippen LogP contribution in [0.5, 0.6) is 5.75 Å². The van der Waals surface area contributed by atoms with Gasteiger partial charge in [-0.25, -0.2) is 0 Å². The quantitative estimate of drug-likeness (QED) is 0.664. The Morgan fingerprint density at radius 2 is 2.11 bits per heavy atom. The summed E-state index contributed by atoms with van der Waals surface area (Å²) in [6.07, 6.45) is -5.03. The molecule has 0 bridgehead atoms. The fourth-order valence-corrected chi connectivity index (χ4v) is 1.48. The van der Waals surface area contributed by atoms with Crippen molar-refractivity contribution in [3.63, 3.8) is 0 Å². The Hall–Kier alpha value is -1.83. The van der Waals surface area contributed by atoms with Crippen molar-refractivity contribution in [3.8, 4) is 5.75 Å². The van der Waals surface area contributed by atoms with Crippen LogP contribution in [-0.4, -0.2) is 24.6 Å².